The van der Waals surface area contributed by atoms with Crippen molar-refractivity contribution in [1.29, 1.82) is 0 Å². The molecule has 0 unspecified atom stereocenters. The lowest BCUT2D eigenvalue weighted by molar-refractivity contribution is -0.384. The molecular formula is C15H15N3O2. The monoisotopic (exact) mass is 269 g/mol. The van der Waals surface area contributed by atoms with Crippen LogP contribution in [0.1, 0.15) is 17.5 Å². The minimum absolute atomic E-state index is 0.0271. The molecule has 20 heavy (non-hydrogen) atoms. The van der Waals surface area contributed by atoms with Gasteiger partial charge in [-0.05, 0) is 42.2 Å². The number of allylic oxidation sites excluding steroid dienone is 1. The molecule has 0 saturated carbocycles. The number of pyridine rings is 1. The number of nitro groups is 1. The first kappa shape index (κ1) is 13.7. The summed E-state index contributed by atoms with van der Waals surface area (Å²) in [5, 5.41) is 10.8. The number of nitro benzene ring substituents is 1. The number of rotatable bonds is 5. The van der Waals surface area contributed by atoms with E-state index in [1.54, 1.807) is 18.5 Å². The van der Waals surface area contributed by atoms with Gasteiger partial charge in [0.15, 0.2) is 0 Å². The molecule has 1 aromatic heterocycles. The number of hydrogen-bond acceptors (Lipinski definition) is 4. The standard InChI is InChI=1S/C15H15N3O2/c1-11(2-3-12-6-8-17-9-7-12)14-10-13(18(19)20)4-5-15(14)16/h4-10H,1-3,16H2. The molecule has 0 saturated heterocycles. The number of nitrogen functional groups attached to an aromatic ring is 1. The van der Waals surface area contributed by atoms with Crippen molar-refractivity contribution in [3.63, 3.8) is 0 Å². The Kier molecular flexibility index (Phi) is 4.10. The van der Waals surface area contributed by atoms with E-state index < -0.39 is 4.92 Å². The molecule has 0 aliphatic carbocycles. The average Bonchev–Trinajstić information content (AvgIpc) is 2.46. The van der Waals surface area contributed by atoms with E-state index in [0.717, 1.165) is 17.6 Å². The van der Waals surface area contributed by atoms with Crippen molar-refractivity contribution in [3.05, 3.63) is 70.5 Å². The van der Waals surface area contributed by atoms with Gasteiger partial charge in [-0.1, -0.05) is 6.58 Å². The van der Waals surface area contributed by atoms with Crippen molar-refractivity contribution in [3.8, 4) is 0 Å². The van der Waals surface area contributed by atoms with Gasteiger partial charge in [-0.15, -0.1) is 0 Å². The molecule has 0 aliphatic heterocycles. The Bertz CT molecular complexity index is 639. The van der Waals surface area contributed by atoms with Gasteiger partial charge in [0, 0.05) is 35.8 Å². The van der Waals surface area contributed by atoms with Crippen LogP contribution in [-0.2, 0) is 6.42 Å². The van der Waals surface area contributed by atoms with Gasteiger partial charge in [-0.25, -0.2) is 0 Å². The molecule has 0 radical (unpaired) electrons. The number of hydrogen-bond donors (Lipinski definition) is 1. The Morgan fingerprint density at radius 1 is 1.30 bits per heavy atom. The molecule has 0 aliphatic rings. The quantitative estimate of drug-likeness (QED) is 0.513. The first-order chi connectivity index (χ1) is 9.58. The SMILES string of the molecule is C=C(CCc1ccncc1)c1cc([N+](=O)[O-])ccc1N. The molecule has 102 valence electrons. The molecule has 0 spiro atoms. The van der Waals surface area contributed by atoms with E-state index >= 15 is 0 Å². The fourth-order valence-electron chi connectivity index (χ4n) is 1.94. The van der Waals surface area contributed by atoms with E-state index in [4.69, 9.17) is 5.73 Å². The highest BCUT2D eigenvalue weighted by molar-refractivity contribution is 5.75. The van der Waals surface area contributed by atoms with Gasteiger partial charge in [0.25, 0.3) is 5.69 Å². The molecule has 1 heterocycles. The Morgan fingerprint density at radius 3 is 2.65 bits per heavy atom. The maximum atomic E-state index is 10.8. The van der Waals surface area contributed by atoms with Crippen LogP contribution in [0.5, 0.6) is 0 Å². The molecule has 1 aromatic carbocycles. The highest BCUT2D eigenvalue weighted by atomic mass is 16.6. The summed E-state index contributed by atoms with van der Waals surface area (Å²) in [7, 11) is 0. The summed E-state index contributed by atoms with van der Waals surface area (Å²) in [6, 6.07) is 8.29. The third-order valence-corrected chi connectivity index (χ3v) is 3.09. The van der Waals surface area contributed by atoms with Gasteiger partial charge in [-0.2, -0.15) is 0 Å². The molecule has 2 rings (SSSR count). The van der Waals surface area contributed by atoms with Gasteiger partial charge in [0.05, 0.1) is 4.92 Å². The first-order valence-electron chi connectivity index (χ1n) is 6.19. The highest BCUT2D eigenvalue weighted by Crippen LogP contribution is 2.28. The lowest BCUT2D eigenvalue weighted by atomic mass is 9.98. The maximum Gasteiger partial charge on any atom is 0.270 e. The van der Waals surface area contributed by atoms with Crippen molar-refractivity contribution in [1.82, 2.24) is 4.98 Å². The summed E-state index contributed by atoms with van der Waals surface area (Å²) in [6.07, 6.45) is 4.96. The Labute approximate surface area is 116 Å². The van der Waals surface area contributed by atoms with Crippen LogP contribution in [0.4, 0.5) is 11.4 Å². The summed E-state index contributed by atoms with van der Waals surface area (Å²) in [5.41, 5.74) is 8.99. The van der Waals surface area contributed by atoms with E-state index in [1.165, 1.54) is 12.1 Å². The fraction of sp³-hybridized carbons (Fsp3) is 0.133. The van der Waals surface area contributed by atoms with Crippen molar-refractivity contribution in [2.24, 2.45) is 0 Å². The molecule has 0 fully saturated rings. The zero-order chi connectivity index (χ0) is 14.5. The first-order valence-corrected chi connectivity index (χ1v) is 6.19. The van der Waals surface area contributed by atoms with Crippen LogP contribution >= 0.6 is 0 Å². The number of aromatic nitrogens is 1. The number of nitrogens with two attached hydrogens (primary N) is 1. The van der Waals surface area contributed by atoms with E-state index in [1.807, 2.05) is 12.1 Å². The van der Waals surface area contributed by atoms with Crippen molar-refractivity contribution in [2.75, 3.05) is 5.73 Å². The molecule has 2 N–H and O–H groups in total. The van der Waals surface area contributed by atoms with Crippen molar-refractivity contribution in [2.45, 2.75) is 12.8 Å². The van der Waals surface area contributed by atoms with Crippen LogP contribution in [0.2, 0.25) is 0 Å². The van der Waals surface area contributed by atoms with E-state index in [9.17, 15) is 10.1 Å². The van der Waals surface area contributed by atoms with Crippen LogP contribution in [0.15, 0.2) is 49.3 Å². The number of benzene rings is 1. The number of anilines is 1. The summed E-state index contributed by atoms with van der Waals surface area (Å²) in [4.78, 5) is 14.3. The third kappa shape index (κ3) is 3.20. The number of nitrogens with zero attached hydrogens (tertiary/aromatic N) is 2. The molecule has 0 atom stereocenters. The Hall–Kier alpha value is -2.69. The maximum absolute atomic E-state index is 10.8. The van der Waals surface area contributed by atoms with E-state index in [0.29, 0.717) is 17.7 Å². The second-order valence-electron chi connectivity index (χ2n) is 4.49. The van der Waals surface area contributed by atoms with Crippen LogP contribution in [0.3, 0.4) is 0 Å². The normalized spacial score (nSPS) is 10.2. The predicted octanol–water partition coefficient (Wildman–Crippen LogP) is 3.22. The van der Waals surface area contributed by atoms with Gasteiger partial charge in [0.1, 0.15) is 0 Å². The minimum Gasteiger partial charge on any atom is -0.398 e. The van der Waals surface area contributed by atoms with Gasteiger partial charge >= 0.3 is 0 Å². The van der Waals surface area contributed by atoms with E-state index in [2.05, 4.69) is 11.6 Å². The van der Waals surface area contributed by atoms with Crippen LogP contribution in [-0.4, -0.2) is 9.91 Å². The summed E-state index contributed by atoms with van der Waals surface area (Å²) in [5.74, 6) is 0. The third-order valence-electron chi connectivity index (χ3n) is 3.09. The number of non-ortho nitro benzene ring substituents is 1. The second kappa shape index (κ2) is 5.97. The molecule has 2 aromatic rings. The van der Waals surface area contributed by atoms with Crippen molar-refractivity contribution < 1.29 is 4.92 Å². The van der Waals surface area contributed by atoms with Crippen LogP contribution in [0.25, 0.3) is 5.57 Å². The predicted molar refractivity (Wildman–Crippen MR) is 79.1 cm³/mol. The molecule has 0 bridgehead atoms. The van der Waals surface area contributed by atoms with Gasteiger partial charge < -0.3 is 5.73 Å². The largest absolute Gasteiger partial charge is 0.398 e. The summed E-state index contributed by atoms with van der Waals surface area (Å²) >= 11 is 0. The summed E-state index contributed by atoms with van der Waals surface area (Å²) < 4.78 is 0. The zero-order valence-electron chi connectivity index (χ0n) is 11.0. The lowest BCUT2D eigenvalue weighted by Gasteiger charge is -2.09. The molecule has 5 nitrogen and oxygen atoms in total. The van der Waals surface area contributed by atoms with Crippen LogP contribution in [0, 0.1) is 10.1 Å². The minimum atomic E-state index is -0.431. The second-order valence-corrected chi connectivity index (χ2v) is 4.49. The molecule has 5 heteroatoms. The lowest BCUT2D eigenvalue weighted by Crippen LogP contribution is -1.97. The smallest absolute Gasteiger partial charge is 0.270 e. The fourth-order valence-corrected chi connectivity index (χ4v) is 1.94. The van der Waals surface area contributed by atoms with Gasteiger partial charge in [-0.3, -0.25) is 15.1 Å². The van der Waals surface area contributed by atoms with Crippen molar-refractivity contribution >= 4 is 16.9 Å². The Morgan fingerprint density at radius 2 is 2.00 bits per heavy atom. The van der Waals surface area contributed by atoms with Gasteiger partial charge in [0.2, 0.25) is 0 Å². The zero-order valence-corrected chi connectivity index (χ0v) is 11.0. The average molecular weight is 269 g/mol. The van der Waals surface area contributed by atoms with E-state index in [-0.39, 0.29) is 5.69 Å². The Balaban J connectivity index is 2.13. The molecule has 0 amide bonds. The van der Waals surface area contributed by atoms with Crippen LogP contribution < -0.4 is 5.73 Å². The highest BCUT2D eigenvalue weighted by Gasteiger charge is 2.11. The number of aryl methyl sites for hydroxylation is 1. The molecular weight excluding hydrogens is 254 g/mol. The topological polar surface area (TPSA) is 82.0 Å². The summed E-state index contributed by atoms with van der Waals surface area (Å²) in [6.45, 7) is 3.98.